The molecule has 4 aromatic rings. The zero-order valence-electron chi connectivity index (χ0n) is 14.6. The van der Waals surface area contributed by atoms with Crippen molar-refractivity contribution >= 4 is 23.7 Å². The number of hydrazone groups is 1. The number of aromatic nitrogens is 2. The molecule has 28 heavy (non-hydrogen) atoms. The highest BCUT2D eigenvalue weighted by Crippen LogP contribution is 2.25. The molecule has 0 radical (unpaired) electrons. The molecule has 0 atom stereocenters. The maximum atomic E-state index is 12.0. The lowest BCUT2D eigenvalue weighted by Gasteiger charge is -2.01. The van der Waals surface area contributed by atoms with Crippen molar-refractivity contribution in [3.8, 4) is 16.9 Å². The zero-order valence-corrected chi connectivity index (χ0v) is 15.4. The Balaban J connectivity index is 1.67. The molecule has 6 nitrogen and oxygen atoms in total. The molecule has 0 aliphatic rings. The minimum absolute atomic E-state index is 0.187. The Labute approximate surface area is 166 Å². The number of benzene rings is 2. The fourth-order valence-electron chi connectivity index (χ4n) is 2.68. The molecule has 2 aromatic heterocycles. The smallest absolute Gasteiger partial charge is 0.307 e. The monoisotopic (exact) mass is 390 g/mol. The highest BCUT2D eigenvalue weighted by Gasteiger charge is 2.12. The number of carbonyl (C=O) groups excluding carboxylic acids is 1. The number of nitrogens with one attached hydrogen (secondary N) is 1. The lowest BCUT2D eigenvalue weighted by molar-refractivity contribution is 0.0927. The van der Waals surface area contributed by atoms with Gasteiger partial charge in [-0.25, -0.2) is 10.1 Å². The molecule has 0 aliphatic heterocycles. The van der Waals surface area contributed by atoms with Gasteiger partial charge in [0.2, 0.25) is 0 Å². The number of carbonyl (C=O) groups is 1. The first-order valence-corrected chi connectivity index (χ1v) is 8.86. The van der Waals surface area contributed by atoms with Gasteiger partial charge >= 0.3 is 5.91 Å². The second-order valence-corrected chi connectivity index (χ2v) is 6.34. The number of halogens is 1. The third kappa shape index (κ3) is 3.87. The molecule has 2 heterocycles. The Hall–Kier alpha value is -3.64. The number of rotatable bonds is 5. The van der Waals surface area contributed by atoms with Gasteiger partial charge in [-0.1, -0.05) is 41.9 Å². The van der Waals surface area contributed by atoms with Crippen LogP contribution in [0.5, 0.6) is 0 Å². The minimum atomic E-state index is -0.430. The number of hydrogen-bond acceptors (Lipinski definition) is 4. The Bertz CT molecular complexity index is 1120. The molecule has 0 aliphatic carbocycles. The normalized spacial score (nSPS) is 11.0. The maximum absolute atomic E-state index is 12.0. The van der Waals surface area contributed by atoms with Crippen LogP contribution in [0.1, 0.15) is 16.1 Å². The van der Waals surface area contributed by atoms with Gasteiger partial charge in [0.15, 0.2) is 5.76 Å². The van der Waals surface area contributed by atoms with E-state index in [2.05, 4.69) is 15.6 Å². The van der Waals surface area contributed by atoms with Crippen LogP contribution in [0.15, 0.2) is 88.7 Å². The maximum Gasteiger partial charge on any atom is 0.307 e. The summed E-state index contributed by atoms with van der Waals surface area (Å²) in [4.78, 5) is 12.0. The second kappa shape index (κ2) is 7.94. The number of para-hydroxylation sites is 1. The summed E-state index contributed by atoms with van der Waals surface area (Å²) in [6.07, 6.45) is 4.82. The Morgan fingerprint density at radius 1 is 1.11 bits per heavy atom. The fourth-order valence-corrected chi connectivity index (χ4v) is 2.87. The predicted molar refractivity (Wildman–Crippen MR) is 108 cm³/mol. The summed E-state index contributed by atoms with van der Waals surface area (Å²) >= 11 is 6.14. The average Bonchev–Trinajstić information content (AvgIpc) is 3.39. The minimum Gasteiger partial charge on any atom is -0.459 e. The van der Waals surface area contributed by atoms with E-state index in [0.29, 0.717) is 10.7 Å². The van der Waals surface area contributed by atoms with E-state index in [1.54, 1.807) is 29.1 Å². The zero-order chi connectivity index (χ0) is 19.3. The molecule has 0 bridgehead atoms. The van der Waals surface area contributed by atoms with Gasteiger partial charge in [0.05, 0.1) is 18.2 Å². The van der Waals surface area contributed by atoms with E-state index < -0.39 is 5.91 Å². The van der Waals surface area contributed by atoms with Crippen LogP contribution in [0.25, 0.3) is 16.9 Å². The summed E-state index contributed by atoms with van der Waals surface area (Å²) in [6.45, 7) is 0. The lowest BCUT2D eigenvalue weighted by Crippen LogP contribution is -2.16. The summed E-state index contributed by atoms with van der Waals surface area (Å²) in [7, 11) is 0. The van der Waals surface area contributed by atoms with Gasteiger partial charge in [-0.15, -0.1) is 0 Å². The largest absolute Gasteiger partial charge is 0.459 e. The average molecular weight is 391 g/mol. The summed E-state index contributed by atoms with van der Waals surface area (Å²) in [5, 5.41) is 9.33. The van der Waals surface area contributed by atoms with Gasteiger partial charge in [-0.2, -0.15) is 10.2 Å². The Morgan fingerprint density at radius 3 is 2.71 bits per heavy atom. The SMILES string of the molecule is O=C(N/N=C\c1cn(-c2ccccc2)nc1-c1cccc(Cl)c1)c1ccco1. The van der Waals surface area contributed by atoms with Crippen molar-refractivity contribution in [2.24, 2.45) is 5.10 Å². The molecule has 0 saturated carbocycles. The van der Waals surface area contributed by atoms with Crippen molar-refractivity contribution in [1.82, 2.24) is 15.2 Å². The number of furan rings is 1. The highest BCUT2D eigenvalue weighted by molar-refractivity contribution is 6.30. The highest BCUT2D eigenvalue weighted by atomic mass is 35.5. The molecule has 4 rings (SSSR count). The van der Waals surface area contributed by atoms with Gasteiger partial charge in [0.25, 0.3) is 0 Å². The van der Waals surface area contributed by atoms with Crippen molar-refractivity contribution in [3.05, 3.63) is 95.5 Å². The summed E-state index contributed by atoms with van der Waals surface area (Å²) in [5.74, 6) is -0.242. The van der Waals surface area contributed by atoms with Crippen molar-refractivity contribution < 1.29 is 9.21 Å². The first-order chi connectivity index (χ1) is 13.7. The predicted octanol–water partition coefficient (Wildman–Crippen LogP) is 4.55. The lowest BCUT2D eigenvalue weighted by atomic mass is 10.1. The van der Waals surface area contributed by atoms with Gasteiger partial charge in [0.1, 0.15) is 5.69 Å². The van der Waals surface area contributed by atoms with E-state index >= 15 is 0 Å². The third-order valence-electron chi connectivity index (χ3n) is 3.98. The van der Waals surface area contributed by atoms with Crippen molar-refractivity contribution in [2.45, 2.75) is 0 Å². The molecule has 7 heteroatoms. The van der Waals surface area contributed by atoms with Crippen molar-refractivity contribution in [1.29, 1.82) is 0 Å². The molecular formula is C21H15ClN4O2. The van der Waals surface area contributed by atoms with Crippen LogP contribution in [0.4, 0.5) is 0 Å². The number of amides is 1. The van der Waals surface area contributed by atoms with E-state index in [0.717, 1.165) is 16.8 Å². The van der Waals surface area contributed by atoms with Crippen LogP contribution in [0, 0.1) is 0 Å². The van der Waals surface area contributed by atoms with Crippen LogP contribution >= 0.6 is 11.6 Å². The van der Waals surface area contributed by atoms with Crippen LogP contribution in [-0.2, 0) is 0 Å². The molecule has 0 unspecified atom stereocenters. The Kier molecular flexibility index (Phi) is 5.03. The number of nitrogens with zero attached hydrogens (tertiary/aromatic N) is 3. The fraction of sp³-hybridized carbons (Fsp3) is 0. The first kappa shape index (κ1) is 17.8. The molecule has 138 valence electrons. The summed E-state index contributed by atoms with van der Waals surface area (Å²) < 4.78 is 6.81. The standard InChI is InChI=1S/C21H15ClN4O2/c22-17-7-4-6-15(12-17)20-16(13-23-24-21(27)19-10-5-11-28-19)14-26(25-20)18-8-2-1-3-9-18/h1-14H,(H,24,27)/b23-13-. The molecule has 1 N–H and O–H groups in total. The van der Waals surface area contributed by atoms with Crippen molar-refractivity contribution in [3.63, 3.8) is 0 Å². The molecule has 2 aromatic carbocycles. The van der Waals surface area contributed by atoms with Crippen LogP contribution in [0.2, 0.25) is 5.02 Å². The third-order valence-corrected chi connectivity index (χ3v) is 4.21. The Morgan fingerprint density at radius 2 is 1.96 bits per heavy atom. The molecule has 0 spiro atoms. The number of hydrogen-bond donors (Lipinski definition) is 1. The topological polar surface area (TPSA) is 72.4 Å². The quantitative estimate of drug-likeness (QED) is 0.401. The first-order valence-electron chi connectivity index (χ1n) is 8.48. The van der Waals surface area contributed by atoms with Crippen molar-refractivity contribution in [2.75, 3.05) is 0 Å². The summed E-state index contributed by atoms with van der Waals surface area (Å²) in [5.41, 5.74) is 5.63. The van der Waals surface area contributed by atoms with E-state index in [9.17, 15) is 4.79 Å². The van der Waals surface area contributed by atoms with Gasteiger partial charge < -0.3 is 4.42 Å². The molecule has 0 fully saturated rings. The van der Waals surface area contributed by atoms with E-state index in [1.165, 1.54) is 6.26 Å². The molecule has 0 saturated heterocycles. The van der Waals surface area contributed by atoms with Crippen LogP contribution in [0.3, 0.4) is 0 Å². The van der Waals surface area contributed by atoms with Crippen LogP contribution in [-0.4, -0.2) is 21.9 Å². The van der Waals surface area contributed by atoms with E-state index in [4.69, 9.17) is 16.0 Å². The second-order valence-electron chi connectivity index (χ2n) is 5.90. The van der Waals surface area contributed by atoms with E-state index in [-0.39, 0.29) is 5.76 Å². The van der Waals surface area contributed by atoms with Crippen LogP contribution < -0.4 is 5.43 Å². The molecule has 1 amide bonds. The summed E-state index contributed by atoms with van der Waals surface area (Å²) in [6, 6.07) is 20.3. The van der Waals surface area contributed by atoms with Gasteiger partial charge in [-0.05, 0) is 36.4 Å². The van der Waals surface area contributed by atoms with E-state index in [1.807, 2.05) is 54.7 Å². The van der Waals surface area contributed by atoms with Gasteiger partial charge in [0, 0.05) is 22.3 Å². The molecular weight excluding hydrogens is 376 g/mol. The van der Waals surface area contributed by atoms with Gasteiger partial charge in [-0.3, -0.25) is 4.79 Å².